The molecule has 1 aliphatic rings. The summed E-state index contributed by atoms with van der Waals surface area (Å²) in [4.78, 5) is 24.8. The van der Waals surface area contributed by atoms with Crippen molar-refractivity contribution in [2.45, 2.75) is 32.7 Å². The molecule has 0 bridgehead atoms. The highest BCUT2D eigenvalue weighted by Gasteiger charge is 2.23. The van der Waals surface area contributed by atoms with Crippen LogP contribution in [0.5, 0.6) is 0 Å². The zero-order valence-electron chi connectivity index (χ0n) is 16.1. The van der Waals surface area contributed by atoms with Crippen LogP contribution in [0.15, 0.2) is 60.7 Å². The molecule has 2 amide bonds. The van der Waals surface area contributed by atoms with Crippen molar-refractivity contribution in [2.75, 3.05) is 5.32 Å². The van der Waals surface area contributed by atoms with Gasteiger partial charge in [-0.25, -0.2) is 0 Å². The second-order valence-electron chi connectivity index (χ2n) is 6.82. The second-order valence-corrected chi connectivity index (χ2v) is 8.10. The molecule has 5 heteroatoms. The molecule has 2 aromatic carbocycles. The molecule has 2 N–H and O–H groups in total. The Morgan fingerprint density at radius 3 is 2.39 bits per heavy atom. The Labute approximate surface area is 169 Å². The maximum Gasteiger partial charge on any atom is 0.251 e. The summed E-state index contributed by atoms with van der Waals surface area (Å²) in [5.41, 5.74) is 3.52. The summed E-state index contributed by atoms with van der Waals surface area (Å²) in [6, 6.07) is 20.5. The fourth-order valence-corrected chi connectivity index (χ4v) is 3.54. The van der Waals surface area contributed by atoms with E-state index in [9.17, 15) is 9.59 Å². The van der Waals surface area contributed by atoms with E-state index in [2.05, 4.69) is 54.0 Å². The largest absolute Gasteiger partial charge is 0.349 e. The van der Waals surface area contributed by atoms with E-state index in [0.717, 1.165) is 18.4 Å². The first-order chi connectivity index (χ1) is 13.6. The molecule has 0 radical (unpaired) electrons. The summed E-state index contributed by atoms with van der Waals surface area (Å²) in [7, 11) is 0. The van der Waals surface area contributed by atoms with E-state index in [-0.39, 0.29) is 5.91 Å². The average Bonchev–Trinajstić information content (AvgIpc) is 3.41. The Hall–Kier alpha value is -2.92. The van der Waals surface area contributed by atoms with E-state index in [1.807, 2.05) is 30.4 Å². The van der Waals surface area contributed by atoms with Crippen molar-refractivity contribution < 1.29 is 9.59 Å². The number of carbonyl (C=O) groups excluding carboxylic acids is 2. The molecular formula is C23H24N2O2S. The van der Waals surface area contributed by atoms with Crippen LogP contribution in [0.25, 0.3) is 10.4 Å². The first-order valence-electron chi connectivity index (χ1n) is 9.30. The van der Waals surface area contributed by atoms with Gasteiger partial charge in [-0.2, -0.15) is 0 Å². The van der Waals surface area contributed by atoms with E-state index in [1.54, 1.807) is 12.1 Å². The Morgan fingerprint density at radius 2 is 1.79 bits per heavy atom. The van der Waals surface area contributed by atoms with E-state index >= 15 is 0 Å². The van der Waals surface area contributed by atoms with Crippen molar-refractivity contribution in [3.8, 4) is 10.4 Å². The minimum Gasteiger partial charge on any atom is -0.349 e. The maximum atomic E-state index is 11.7. The topological polar surface area (TPSA) is 58.2 Å². The molecule has 0 saturated heterocycles. The third kappa shape index (κ3) is 5.54. The van der Waals surface area contributed by atoms with Crippen LogP contribution in [0.1, 0.15) is 33.6 Å². The Morgan fingerprint density at radius 1 is 1.04 bits per heavy atom. The Kier molecular flexibility index (Phi) is 6.61. The second kappa shape index (κ2) is 9.33. The molecule has 0 spiro atoms. The van der Waals surface area contributed by atoms with Crippen LogP contribution in [-0.4, -0.2) is 18.4 Å². The summed E-state index contributed by atoms with van der Waals surface area (Å²) in [6.45, 7) is 4.02. The lowest BCUT2D eigenvalue weighted by molar-refractivity contribution is -0.105. The number of carbonyl (C=O) groups is 2. The molecule has 0 atom stereocenters. The monoisotopic (exact) mass is 392 g/mol. The molecule has 3 aromatic rings. The summed E-state index contributed by atoms with van der Waals surface area (Å²) in [6.07, 6.45) is 2.75. The normalized spacial score (nSPS) is 12.5. The van der Waals surface area contributed by atoms with Gasteiger partial charge in [0.05, 0.1) is 0 Å². The van der Waals surface area contributed by atoms with Crippen molar-refractivity contribution in [3.05, 3.63) is 76.7 Å². The van der Waals surface area contributed by atoms with Gasteiger partial charge in [-0.15, -0.1) is 11.3 Å². The third-order valence-corrected chi connectivity index (χ3v) is 5.48. The van der Waals surface area contributed by atoms with E-state index in [0.29, 0.717) is 23.7 Å². The fourth-order valence-electron chi connectivity index (χ4n) is 2.67. The van der Waals surface area contributed by atoms with Crippen molar-refractivity contribution in [3.63, 3.8) is 0 Å². The number of rotatable bonds is 5. The fraction of sp³-hybridized carbons (Fsp3) is 0.217. The van der Waals surface area contributed by atoms with Gasteiger partial charge in [0.1, 0.15) is 0 Å². The molecule has 1 saturated carbocycles. The molecule has 0 unspecified atom stereocenters. The van der Waals surface area contributed by atoms with Gasteiger partial charge < -0.3 is 10.6 Å². The van der Waals surface area contributed by atoms with Gasteiger partial charge in [0.25, 0.3) is 5.91 Å². The van der Waals surface area contributed by atoms with Crippen LogP contribution in [-0.2, 0) is 4.79 Å². The number of benzene rings is 2. The molecule has 144 valence electrons. The van der Waals surface area contributed by atoms with Gasteiger partial charge >= 0.3 is 0 Å². The molecule has 28 heavy (non-hydrogen) atoms. The van der Waals surface area contributed by atoms with Crippen LogP contribution in [0.4, 0.5) is 5.69 Å². The number of aryl methyl sites for hydroxylation is 2. The molecule has 1 heterocycles. The van der Waals surface area contributed by atoms with Gasteiger partial charge in [0.2, 0.25) is 6.41 Å². The van der Waals surface area contributed by atoms with Gasteiger partial charge in [-0.05, 0) is 62.1 Å². The van der Waals surface area contributed by atoms with Crippen LogP contribution in [0.2, 0.25) is 0 Å². The Balaban J connectivity index is 0.000000167. The first-order valence-corrected chi connectivity index (χ1v) is 10.1. The van der Waals surface area contributed by atoms with Crippen LogP contribution in [0, 0.1) is 13.8 Å². The number of amides is 2. The van der Waals surface area contributed by atoms with Crippen LogP contribution in [0.3, 0.4) is 0 Å². The lowest BCUT2D eigenvalue weighted by atomic mass is 10.1. The Bertz CT molecular complexity index is 946. The molecule has 1 aliphatic carbocycles. The molecule has 1 aromatic heterocycles. The summed E-state index contributed by atoms with van der Waals surface area (Å²) >= 11 is 1.84. The highest BCUT2D eigenvalue weighted by Crippen LogP contribution is 2.26. The molecular weight excluding hydrogens is 368 g/mol. The van der Waals surface area contributed by atoms with Crippen molar-refractivity contribution in [2.24, 2.45) is 0 Å². The molecule has 4 rings (SSSR count). The smallest absolute Gasteiger partial charge is 0.251 e. The molecule has 4 nitrogen and oxygen atoms in total. The molecule has 1 fully saturated rings. The van der Waals surface area contributed by atoms with Crippen LogP contribution < -0.4 is 10.6 Å². The highest BCUT2D eigenvalue weighted by atomic mass is 32.1. The van der Waals surface area contributed by atoms with E-state index in [4.69, 9.17) is 0 Å². The van der Waals surface area contributed by atoms with Crippen LogP contribution >= 0.6 is 11.3 Å². The van der Waals surface area contributed by atoms with E-state index in [1.165, 1.54) is 15.3 Å². The standard InChI is InChI=1S/C12H14N2O2.C11H10S/c1-8-2-3-9(6-11(8)13-7-15)12(16)14-10-4-5-10;1-9-7-8-11(12-9)10-5-3-2-4-6-10/h2-3,6-7,10H,4-5H2,1H3,(H,13,15)(H,14,16);2-8H,1H3. The predicted molar refractivity (Wildman–Crippen MR) is 116 cm³/mol. The molecule has 0 aliphatic heterocycles. The number of hydrogen-bond donors (Lipinski definition) is 2. The van der Waals surface area contributed by atoms with Gasteiger partial charge in [0, 0.05) is 27.0 Å². The summed E-state index contributed by atoms with van der Waals surface area (Å²) in [5, 5.41) is 5.48. The van der Waals surface area contributed by atoms with Gasteiger partial charge in [-0.1, -0.05) is 36.4 Å². The highest BCUT2D eigenvalue weighted by molar-refractivity contribution is 7.15. The van der Waals surface area contributed by atoms with Gasteiger partial charge in [0.15, 0.2) is 0 Å². The minimum absolute atomic E-state index is 0.0727. The van der Waals surface area contributed by atoms with E-state index < -0.39 is 0 Å². The average molecular weight is 393 g/mol. The predicted octanol–water partition coefficient (Wildman–Crippen LogP) is 5.18. The van der Waals surface area contributed by atoms with Crippen molar-refractivity contribution >= 4 is 29.3 Å². The van der Waals surface area contributed by atoms with Crippen molar-refractivity contribution in [1.29, 1.82) is 0 Å². The maximum absolute atomic E-state index is 11.7. The third-order valence-electron chi connectivity index (χ3n) is 4.43. The SMILES string of the molecule is Cc1ccc(-c2ccccc2)s1.Cc1ccc(C(=O)NC2CC2)cc1NC=O. The number of thiophene rings is 1. The zero-order chi connectivity index (χ0) is 19.9. The van der Waals surface area contributed by atoms with Gasteiger partial charge in [-0.3, -0.25) is 9.59 Å². The number of hydrogen-bond acceptors (Lipinski definition) is 3. The lowest BCUT2D eigenvalue weighted by Crippen LogP contribution is -2.25. The number of anilines is 1. The van der Waals surface area contributed by atoms with Crippen molar-refractivity contribution in [1.82, 2.24) is 5.32 Å². The quantitative estimate of drug-likeness (QED) is 0.588. The summed E-state index contributed by atoms with van der Waals surface area (Å²) in [5.74, 6) is -0.0727. The lowest BCUT2D eigenvalue weighted by Gasteiger charge is -2.07. The summed E-state index contributed by atoms with van der Waals surface area (Å²) < 4.78 is 0. The number of nitrogens with one attached hydrogen (secondary N) is 2. The zero-order valence-corrected chi connectivity index (χ0v) is 16.9. The first kappa shape index (κ1) is 19.8. The minimum atomic E-state index is -0.0727.